The number of fused-ring (bicyclic) bond motifs is 1. The van der Waals surface area contributed by atoms with Crippen molar-refractivity contribution in [3.05, 3.63) is 65.9 Å². The summed E-state index contributed by atoms with van der Waals surface area (Å²) in [5, 5.41) is 11.3. The fraction of sp³-hybridized carbons (Fsp3) is 0.238. The van der Waals surface area contributed by atoms with Crippen molar-refractivity contribution in [2.24, 2.45) is 0 Å². The molecule has 28 heavy (non-hydrogen) atoms. The Hall–Kier alpha value is -3.48. The van der Waals surface area contributed by atoms with E-state index in [4.69, 9.17) is 4.74 Å². The fourth-order valence-electron chi connectivity index (χ4n) is 3.28. The lowest BCUT2D eigenvalue weighted by molar-refractivity contribution is 0.0526. The van der Waals surface area contributed by atoms with Gasteiger partial charge in [-0.1, -0.05) is 18.2 Å². The molecule has 2 aromatic carbocycles. The highest BCUT2D eigenvalue weighted by molar-refractivity contribution is 5.89. The number of anilines is 4. The summed E-state index contributed by atoms with van der Waals surface area (Å²) in [5.74, 6) is 0.829. The number of benzene rings is 2. The van der Waals surface area contributed by atoms with E-state index in [0.717, 1.165) is 30.9 Å². The van der Waals surface area contributed by atoms with E-state index < -0.39 is 0 Å². The van der Waals surface area contributed by atoms with Gasteiger partial charge in [-0.3, -0.25) is 0 Å². The van der Waals surface area contributed by atoms with Gasteiger partial charge in [0.15, 0.2) is 5.82 Å². The van der Waals surface area contributed by atoms with E-state index in [1.165, 1.54) is 11.3 Å². The standard InChI is InChI=1S/C21H21N5O2/c1-2-28-20(27)16-9-11-17(12-10-16)23-21-24-19(14-22-25-21)26-13-5-7-15-6-3-4-8-18(15)26/h3-4,6,8-12,14H,2,5,7,13H2,1H3,(H,23,24,25). The van der Waals surface area contributed by atoms with Crippen molar-refractivity contribution in [1.82, 2.24) is 15.2 Å². The Morgan fingerprint density at radius 2 is 2.00 bits per heavy atom. The number of carbonyl (C=O) groups is 1. The van der Waals surface area contributed by atoms with Crippen LogP contribution in [0.1, 0.15) is 29.3 Å². The average Bonchev–Trinajstić information content (AvgIpc) is 2.74. The van der Waals surface area contributed by atoms with Gasteiger partial charge in [0.2, 0.25) is 5.95 Å². The van der Waals surface area contributed by atoms with Crippen molar-refractivity contribution in [3.63, 3.8) is 0 Å². The first-order chi connectivity index (χ1) is 13.7. The van der Waals surface area contributed by atoms with Gasteiger partial charge in [0.25, 0.3) is 0 Å². The largest absolute Gasteiger partial charge is 0.462 e. The van der Waals surface area contributed by atoms with Gasteiger partial charge < -0.3 is 15.0 Å². The summed E-state index contributed by atoms with van der Waals surface area (Å²) in [7, 11) is 0. The van der Waals surface area contributed by atoms with Gasteiger partial charge in [0.1, 0.15) is 0 Å². The van der Waals surface area contributed by atoms with Crippen molar-refractivity contribution in [3.8, 4) is 0 Å². The lowest BCUT2D eigenvalue weighted by Crippen LogP contribution is -2.25. The van der Waals surface area contributed by atoms with Crippen LogP contribution in [0.4, 0.5) is 23.1 Å². The number of hydrogen-bond donors (Lipinski definition) is 1. The van der Waals surface area contributed by atoms with Crippen molar-refractivity contribution in [1.29, 1.82) is 0 Å². The zero-order chi connectivity index (χ0) is 19.3. The zero-order valence-corrected chi connectivity index (χ0v) is 15.6. The number of aromatic nitrogens is 3. The lowest BCUT2D eigenvalue weighted by atomic mass is 10.0. The summed E-state index contributed by atoms with van der Waals surface area (Å²) in [6, 6.07) is 15.4. The smallest absolute Gasteiger partial charge is 0.338 e. The maximum Gasteiger partial charge on any atom is 0.338 e. The van der Waals surface area contributed by atoms with E-state index in [0.29, 0.717) is 18.1 Å². The zero-order valence-electron chi connectivity index (χ0n) is 15.6. The summed E-state index contributed by atoms with van der Waals surface area (Å²) >= 11 is 0. The molecule has 1 aliphatic rings. The number of nitrogens with one attached hydrogen (secondary N) is 1. The SMILES string of the molecule is CCOC(=O)c1ccc(Nc2nncc(N3CCCc4ccccc43)n2)cc1. The number of hydrogen-bond acceptors (Lipinski definition) is 7. The summed E-state index contributed by atoms with van der Waals surface area (Å²) in [4.78, 5) is 18.5. The summed E-state index contributed by atoms with van der Waals surface area (Å²) in [5.41, 5.74) is 3.76. The van der Waals surface area contributed by atoms with Gasteiger partial charge in [-0.2, -0.15) is 10.1 Å². The number of esters is 1. The predicted octanol–water partition coefficient (Wildman–Crippen LogP) is 3.88. The summed E-state index contributed by atoms with van der Waals surface area (Å²) in [6.07, 6.45) is 3.82. The van der Waals surface area contributed by atoms with Crippen LogP contribution in [0.3, 0.4) is 0 Å². The van der Waals surface area contributed by atoms with Gasteiger partial charge in [-0.25, -0.2) is 4.79 Å². The van der Waals surface area contributed by atoms with Crippen LogP contribution in [0.15, 0.2) is 54.7 Å². The summed E-state index contributed by atoms with van der Waals surface area (Å²) in [6.45, 7) is 3.03. The number of rotatable bonds is 5. The van der Waals surface area contributed by atoms with E-state index in [1.807, 2.05) is 6.07 Å². The molecular formula is C21H21N5O2. The van der Waals surface area contributed by atoms with Crippen molar-refractivity contribution >= 4 is 29.1 Å². The molecule has 2 heterocycles. The molecule has 7 heteroatoms. The molecule has 0 spiro atoms. The van der Waals surface area contributed by atoms with Crippen LogP contribution in [-0.4, -0.2) is 34.3 Å². The number of nitrogens with zero attached hydrogens (tertiary/aromatic N) is 4. The topological polar surface area (TPSA) is 80.2 Å². The monoisotopic (exact) mass is 375 g/mol. The first-order valence-electron chi connectivity index (χ1n) is 9.34. The number of aryl methyl sites for hydroxylation is 1. The van der Waals surface area contributed by atoms with Crippen LogP contribution in [0.5, 0.6) is 0 Å². The molecule has 142 valence electrons. The quantitative estimate of drug-likeness (QED) is 0.678. The minimum absolute atomic E-state index is 0.335. The van der Waals surface area contributed by atoms with Gasteiger partial charge in [0.05, 0.1) is 18.4 Å². The molecule has 0 unspecified atom stereocenters. The van der Waals surface area contributed by atoms with E-state index in [2.05, 4.69) is 43.6 Å². The maximum absolute atomic E-state index is 11.8. The molecule has 1 aliphatic heterocycles. The van der Waals surface area contributed by atoms with Gasteiger partial charge in [-0.05, 0) is 55.7 Å². The Kier molecular flexibility index (Phi) is 5.14. The van der Waals surface area contributed by atoms with E-state index in [1.54, 1.807) is 37.4 Å². The third-order valence-corrected chi connectivity index (χ3v) is 4.59. The van der Waals surface area contributed by atoms with Crippen LogP contribution in [0.2, 0.25) is 0 Å². The maximum atomic E-state index is 11.8. The molecule has 1 aromatic heterocycles. The normalized spacial score (nSPS) is 13.0. The average molecular weight is 375 g/mol. The van der Waals surface area contributed by atoms with Gasteiger partial charge in [-0.15, -0.1) is 5.10 Å². The highest BCUT2D eigenvalue weighted by Gasteiger charge is 2.19. The minimum Gasteiger partial charge on any atom is -0.462 e. The number of ether oxygens (including phenoxy) is 1. The Bertz CT molecular complexity index is 975. The Balaban J connectivity index is 1.53. The predicted molar refractivity (Wildman–Crippen MR) is 107 cm³/mol. The van der Waals surface area contributed by atoms with Crippen LogP contribution in [-0.2, 0) is 11.2 Å². The van der Waals surface area contributed by atoms with E-state index in [9.17, 15) is 4.79 Å². The minimum atomic E-state index is -0.335. The highest BCUT2D eigenvalue weighted by Crippen LogP contribution is 2.32. The van der Waals surface area contributed by atoms with Crippen LogP contribution >= 0.6 is 0 Å². The Morgan fingerprint density at radius 1 is 1.18 bits per heavy atom. The molecule has 0 amide bonds. The van der Waals surface area contributed by atoms with Gasteiger partial charge in [0, 0.05) is 17.9 Å². The molecular weight excluding hydrogens is 354 g/mol. The lowest BCUT2D eigenvalue weighted by Gasteiger charge is -2.30. The highest BCUT2D eigenvalue weighted by atomic mass is 16.5. The Labute approximate surface area is 163 Å². The first-order valence-corrected chi connectivity index (χ1v) is 9.34. The molecule has 0 fully saturated rings. The Morgan fingerprint density at radius 3 is 2.82 bits per heavy atom. The molecule has 0 bridgehead atoms. The molecule has 0 atom stereocenters. The number of carbonyl (C=O) groups excluding carboxylic acids is 1. The molecule has 0 radical (unpaired) electrons. The molecule has 0 aliphatic carbocycles. The van der Waals surface area contributed by atoms with Crippen LogP contribution in [0.25, 0.3) is 0 Å². The molecule has 3 aromatic rings. The third-order valence-electron chi connectivity index (χ3n) is 4.59. The second kappa shape index (κ2) is 8.04. The third kappa shape index (κ3) is 3.78. The molecule has 4 rings (SSSR count). The molecule has 7 nitrogen and oxygen atoms in total. The second-order valence-corrected chi connectivity index (χ2v) is 6.44. The van der Waals surface area contributed by atoms with E-state index >= 15 is 0 Å². The van der Waals surface area contributed by atoms with E-state index in [-0.39, 0.29) is 5.97 Å². The van der Waals surface area contributed by atoms with Gasteiger partial charge >= 0.3 is 5.97 Å². The van der Waals surface area contributed by atoms with Crippen molar-refractivity contribution in [2.45, 2.75) is 19.8 Å². The second-order valence-electron chi connectivity index (χ2n) is 6.44. The molecule has 0 saturated carbocycles. The number of para-hydroxylation sites is 1. The first kappa shape index (κ1) is 17.9. The molecule has 0 saturated heterocycles. The van der Waals surface area contributed by atoms with Crippen molar-refractivity contribution in [2.75, 3.05) is 23.4 Å². The fourth-order valence-corrected chi connectivity index (χ4v) is 3.28. The molecule has 1 N–H and O–H groups in total. The summed E-state index contributed by atoms with van der Waals surface area (Å²) < 4.78 is 5.00. The van der Waals surface area contributed by atoms with Crippen LogP contribution < -0.4 is 10.2 Å². The van der Waals surface area contributed by atoms with Crippen LogP contribution in [0, 0.1) is 0 Å². The van der Waals surface area contributed by atoms with Crippen molar-refractivity contribution < 1.29 is 9.53 Å².